The number of rotatable bonds is 8. The minimum atomic E-state index is 0.502. The zero-order chi connectivity index (χ0) is 13.2. The summed E-state index contributed by atoms with van der Waals surface area (Å²) in [5.74, 6) is 0. The van der Waals surface area contributed by atoms with Gasteiger partial charge >= 0.3 is 0 Å². The third kappa shape index (κ3) is 6.22. The van der Waals surface area contributed by atoms with Crippen LogP contribution in [0.15, 0.2) is 30.3 Å². The van der Waals surface area contributed by atoms with Crippen LogP contribution < -0.4 is 0 Å². The van der Waals surface area contributed by atoms with Crippen molar-refractivity contribution in [3.8, 4) is 0 Å². The third-order valence-electron chi connectivity index (χ3n) is 3.73. The lowest BCUT2D eigenvalue weighted by atomic mass is 9.98. The average Bonchev–Trinajstić information content (AvgIpc) is 2.48. The molecule has 0 amide bonds. The molecule has 1 aliphatic rings. The van der Waals surface area contributed by atoms with Crippen LogP contribution in [0, 0.1) is 0 Å². The minimum absolute atomic E-state index is 0.502. The molecule has 0 saturated heterocycles. The van der Waals surface area contributed by atoms with Crippen molar-refractivity contribution in [2.45, 2.75) is 51.0 Å². The molecular weight excluding hydrogens is 236 g/mol. The molecule has 1 aromatic carbocycles. The van der Waals surface area contributed by atoms with Gasteiger partial charge in [-0.1, -0.05) is 49.6 Å². The predicted octanol–water partition coefficient (Wildman–Crippen LogP) is 3.99. The first kappa shape index (κ1) is 14.5. The zero-order valence-electron chi connectivity index (χ0n) is 11.9. The van der Waals surface area contributed by atoms with Crippen molar-refractivity contribution in [2.24, 2.45) is 0 Å². The van der Waals surface area contributed by atoms with E-state index in [2.05, 4.69) is 30.3 Å². The highest BCUT2D eigenvalue weighted by Crippen LogP contribution is 2.19. The maximum absolute atomic E-state index is 5.82. The van der Waals surface area contributed by atoms with Crippen LogP contribution in [0.1, 0.15) is 44.1 Å². The van der Waals surface area contributed by atoms with Gasteiger partial charge in [-0.2, -0.15) is 0 Å². The fourth-order valence-electron chi connectivity index (χ4n) is 2.63. The summed E-state index contributed by atoms with van der Waals surface area (Å²) in [7, 11) is 0. The summed E-state index contributed by atoms with van der Waals surface area (Å²) in [5, 5.41) is 0. The number of benzene rings is 1. The molecule has 0 radical (unpaired) electrons. The van der Waals surface area contributed by atoms with Crippen molar-refractivity contribution in [2.75, 3.05) is 19.8 Å². The molecule has 0 atom stereocenters. The lowest BCUT2D eigenvalue weighted by molar-refractivity contribution is -0.0103. The summed E-state index contributed by atoms with van der Waals surface area (Å²) in [6, 6.07) is 10.6. The van der Waals surface area contributed by atoms with Crippen molar-refractivity contribution >= 4 is 0 Å². The molecule has 0 N–H and O–H groups in total. The van der Waals surface area contributed by atoms with E-state index in [1.165, 1.54) is 37.7 Å². The van der Waals surface area contributed by atoms with E-state index < -0.39 is 0 Å². The Hall–Kier alpha value is -0.860. The normalized spacial score (nSPS) is 16.6. The van der Waals surface area contributed by atoms with Crippen molar-refractivity contribution in [1.29, 1.82) is 0 Å². The van der Waals surface area contributed by atoms with Crippen LogP contribution in [0.25, 0.3) is 0 Å². The van der Waals surface area contributed by atoms with E-state index in [0.717, 1.165) is 32.7 Å². The van der Waals surface area contributed by atoms with Crippen molar-refractivity contribution in [3.05, 3.63) is 35.9 Å². The van der Waals surface area contributed by atoms with Crippen LogP contribution >= 0.6 is 0 Å². The van der Waals surface area contributed by atoms with E-state index in [1.54, 1.807) is 0 Å². The van der Waals surface area contributed by atoms with Gasteiger partial charge in [0.15, 0.2) is 0 Å². The highest BCUT2D eigenvalue weighted by molar-refractivity contribution is 5.14. The average molecular weight is 262 g/mol. The number of ether oxygens (including phenoxy) is 2. The maximum atomic E-state index is 5.82. The quantitative estimate of drug-likeness (QED) is 0.660. The van der Waals surface area contributed by atoms with Crippen molar-refractivity contribution < 1.29 is 9.47 Å². The van der Waals surface area contributed by atoms with Crippen LogP contribution in [0.4, 0.5) is 0 Å². The van der Waals surface area contributed by atoms with Gasteiger partial charge in [-0.05, 0) is 31.2 Å². The largest absolute Gasteiger partial charge is 0.379 e. The second-order valence-corrected chi connectivity index (χ2v) is 5.33. The van der Waals surface area contributed by atoms with Gasteiger partial charge in [0.2, 0.25) is 0 Å². The molecular formula is C17H26O2. The van der Waals surface area contributed by atoms with Gasteiger partial charge in [-0.25, -0.2) is 0 Å². The number of hydrogen-bond donors (Lipinski definition) is 0. The minimum Gasteiger partial charge on any atom is -0.379 e. The zero-order valence-corrected chi connectivity index (χ0v) is 11.9. The first-order valence-corrected chi connectivity index (χ1v) is 7.68. The Kier molecular flexibility index (Phi) is 6.97. The molecule has 2 nitrogen and oxygen atoms in total. The molecule has 19 heavy (non-hydrogen) atoms. The van der Waals surface area contributed by atoms with E-state index in [9.17, 15) is 0 Å². The van der Waals surface area contributed by atoms with Gasteiger partial charge in [-0.3, -0.25) is 0 Å². The molecule has 1 aromatic rings. The monoisotopic (exact) mass is 262 g/mol. The van der Waals surface area contributed by atoms with Gasteiger partial charge in [-0.15, -0.1) is 0 Å². The first-order chi connectivity index (χ1) is 9.45. The summed E-state index contributed by atoms with van der Waals surface area (Å²) in [6.45, 7) is 2.34. The second kappa shape index (κ2) is 9.11. The van der Waals surface area contributed by atoms with E-state index in [0.29, 0.717) is 6.10 Å². The van der Waals surface area contributed by atoms with E-state index >= 15 is 0 Å². The van der Waals surface area contributed by atoms with Crippen molar-refractivity contribution in [3.63, 3.8) is 0 Å². The summed E-state index contributed by atoms with van der Waals surface area (Å²) >= 11 is 0. The van der Waals surface area contributed by atoms with Crippen LogP contribution in [0.3, 0.4) is 0 Å². The number of aryl methyl sites for hydroxylation is 1. The SMILES string of the molecule is c1ccc(CCCOCCOC2CCCCC2)cc1. The topological polar surface area (TPSA) is 18.5 Å². The Labute approximate surface area is 117 Å². The Balaban J connectivity index is 1.42. The van der Waals surface area contributed by atoms with E-state index in [4.69, 9.17) is 9.47 Å². The molecule has 1 fully saturated rings. The second-order valence-electron chi connectivity index (χ2n) is 5.33. The molecule has 1 aliphatic carbocycles. The summed E-state index contributed by atoms with van der Waals surface area (Å²) in [6.07, 6.45) is 9.24. The summed E-state index contributed by atoms with van der Waals surface area (Å²) in [5.41, 5.74) is 1.39. The lowest BCUT2D eigenvalue weighted by Crippen LogP contribution is -2.19. The summed E-state index contributed by atoms with van der Waals surface area (Å²) in [4.78, 5) is 0. The highest BCUT2D eigenvalue weighted by Gasteiger charge is 2.12. The number of hydrogen-bond acceptors (Lipinski definition) is 2. The molecule has 0 aromatic heterocycles. The molecule has 106 valence electrons. The van der Waals surface area contributed by atoms with Gasteiger partial charge < -0.3 is 9.47 Å². The predicted molar refractivity (Wildman–Crippen MR) is 78.4 cm³/mol. The molecule has 2 heteroatoms. The fraction of sp³-hybridized carbons (Fsp3) is 0.647. The third-order valence-corrected chi connectivity index (χ3v) is 3.73. The van der Waals surface area contributed by atoms with Gasteiger partial charge in [0, 0.05) is 6.61 Å². The van der Waals surface area contributed by atoms with E-state index in [-0.39, 0.29) is 0 Å². The molecule has 2 rings (SSSR count). The molecule has 0 bridgehead atoms. The Bertz CT molecular complexity index is 317. The maximum Gasteiger partial charge on any atom is 0.0704 e. The molecule has 0 heterocycles. The first-order valence-electron chi connectivity index (χ1n) is 7.68. The summed E-state index contributed by atoms with van der Waals surface area (Å²) < 4.78 is 11.4. The Morgan fingerprint density at radius 1 is 0.895 bits per heavy atom. The molecule has 1 saturated carbocycles. The van der Waals surface area contributed by atoms with Crippen molar-refractivity contribution in [1.82, 2.24) is 0 Å². The fourth-order valence-corrected chi connectivity index (χ4v) is 2.63. The van der Waals surface area contributed by atoms with Crippen LogP contribution in [0.5, 0.6) is 0 Å². The Morgan fingerprint density at radius 3 is 2.47 bits per heavy atom. The smallest absolute Gasteiger partial charge is 0.0704 e. The Morgan fingerprint density at radius 2 is 1.68 bits per heavy atom. The lowest BCUT2D eigenvalue weighted by Gasteiger charge is -2.21. The van der Waals surface area contributed by atoms with Crippen LogP contribution in [0.2, 0.25) is 0 Å². The van der Waals surface area contributed by atoms with Gasteiger partial charge in [0.05, 0.1) is 19.3 Å². The molecule has 0 aliphatic heterocycles. The van der Waals surface area contributed by atoms with Crippen LogP contribution in [-0.2, 0) is 15.9 Å². The molecule has 0 spiro atoms. The molecule has 0 unspecified atom stereocenters. The van der Waals surface area contributed by atoms with Crippen LogP contribution in [-0.4, -0.2) is 25.9 Å². The van der Waals surface area contributed by atoms with E-state index in [1.807, 2.05) is 0 Å². The standard InChI is InChI=1S/C17H26O2/c1-3-8-16(9-4-1)10-7-13-18-14-15-19-17-11-5-2-6-12-17/h1,3-4,8-9,17H,2,5-7,10-15H2. The van der Waals surface area contributed by atoms with Gasteiger partial charge in [0.25, 0.3) is 0 Å². The highest BCUT2D eigenvalue weighted by atomic mass is 16.5. The van der Waals surface area contributed by atoms with Gasteiger partial charge in [0.1, 0.15) is 0 Å².